The van der Waals surface area contributed by atoms with Crippen LogP contribution < -0.4 is 9.80 Å². The smallest absolute Gasteiger partial charge is 0.208 e. The lowest BCUT2D eigenvalue weighted by atomic mass is 9.70. The third-order valence-corrected chi connectivity index (χ3v) is 16.4. The molecule has 14 rings (SSSR count). The van der Waals surface area contributed by atoms with Crippen molar-refractivity contribution < 1.29 is 25.5 Å². The Morgan fingerprint density at radius 1 is 0.260 bits per heavy atom. The molecule has 0 aromatic heterocycles. The van der Waals surface area contributed by atoms with Crippen LogP contribution in [0, 0.1) is 0 Å². The minimum Gasteiger partial charge on any atom is -0.504 e. The molecule has 5 N–H and O–H groups in total. The van der Waals surface area contributed by atoms with Crippen LogP contribution in [0.25, 0.3) is 55.6 Å². The Kier molecular flexibility index (Phi) is 10.1. The van der Waals surface area contributed by atoms with E-state index in [4.69, 9.17) is 0 Å². The molecule has 3 aliphatic carbocycles. The van der Waals surface area contributed by atoms with Crippen LogP contribution in [0.1, 0.15) is 47.2 Å². The highest BCUT2D eigenvalue weighted by atomic mass is 16.4. The highest BCUT2D eigenvalue weighted by molar-refractivity contribution is 5.97. The SMILES string of the molecule is CC1(C)c2cc(-c3c(O)c(O)c(O)c(O)c3O)ccc2-c2ccc(N(c3ccc(-c4ccc(N(c5ccccc5)c5ccccc5)cc4)cc3)c3ccc4c(c3)C3(c5ccccc5-c5ccccc53)c3ccccc3-4)cc21. The zero-order chi connectivity index (χ0) is 52.3. The van der Waals surface area contributed by atoms with Gasteiger partial charge in [-0.05, 0) is 162 Å². The fraction of sp³-hybridized carbons (Fsp3) is 0.0571. The van der Waals surface area contributed by atoms with E-state index in [1.165, 1.54) is 44.5 Å². The van der Waals surface area contributed by atoms with Crippen molar-refractivity contribution in [3.8, 4) is 84.4 Å². The van der Waals surface area contributed by atoms with Gasteiger partial charge in [-0.25, -0.2) is 0 Å². The quantitative estimate of drug-likeness (QED) is 0.0762. The summed E-state index contributed by atoms with van der Waals surface area (Å²) in [4.78, 5) is 4.63. The molecule has 11 aromatic rings. The summed E-state index contributed by atoms with van der Waals surface area (Å²) >= 11 is 0. The Morgan fingerprint density at radius 3 is 1.04 bits per heavy atom. The summed E-state index contributed by atoms with van der Waals surface area (Å²) in [6, 6.07) is 84.2. The Labute approximate surface area is 446 Å². The molecule has 0 fully saturated rings. The van der Waals surface area contributed by atoms with E-state index in [9.17, 15) is 25.5 Å². The maximum atomic E-state index is 11.0. The van der Waals surface area contributed by atoms with Crippen molar-refractivity contribution >= 4 is 34.1 Å². The summed E-state index contributed by atoms with van der Waals surface area (Å²) in [6.45, 7) is 4.32. The summed E-state index contributed by atoms with van der Waals surface area (Å²) in [7, 11) is 0. The number of benzene rings is 11. The molecule has 0 aliphatic heterocycles. The number of hydrogen-bond acceptors (Lipinski definition) is 7. The van der Waals surface area contributed by atoms with Gasteiger partial charge in [0.2, 0.25) is 17.2 Å². The number of nitrogens with zero attached hydrogens (tertiary/aromatic N) is 2. The average molecular weight is 999 g/mol. The second-order valence-corrected chi connectivity index (χ2v) is 20.8. The topological polar surface area (TPSA) is 108 Å². The molecule has 3 aliphatic rings. The van der Waals surface area contributed by atoms with E-state index in [0.29, 0.717) is 5.56 Å². The molecule has 0 atom stereocenters. The van der Waals surface area contributed by atoms with Gasteiger partial charge in [0, 0.05) is 39.5 Å². The first-order valence-corrected chi connectivity index (χ1v) is 25.9. The first-order valence-electron chi connectivity index (χ1n) is 25.9. The van der Waals surface area contributed by atoms with E-state index in [-0.39, 0.29) is 5.56 Å². The van der Waals surface area contributed by atoms with Crippen LogP contribution in [-0.2, 0) is 10.8 Å². The van der Waals surface area contributed by atoms with Crippen molar-refractivity contribution in [2.75, 3.05) is 9.80 Å². The van der Waals surface area contributed by atoms with Crippen molar-refractivity contribution in [2.24, 2.45) is 0 Å². The summed E-state index contributed by atoms with van der Waals surface area (Å²) < 4.78 is 0. The second kappa shape index (κ2) is 17.0. The lowest BCUT2D eigenvalue weighted by Crippen LogP contribution is -2.26. The molecule has 1 spiro atoms. The van der Waals surface area contributed by atoms with Crippen molar-refractivity contribution in [1.29, 1.82) is 0 Å². The molecule has 11 aromatic carbocycles. The number of hydrogen-bond donors (Lipinski definition) is 5. The molecule has 370 valence electrons. The number of para-hydroxylation sites is 2. The molecule has 0 radical (unpaired) electrons. The molecule has 7 nitrogen and oxygen atoms in total. The molecule has 0 amide bonds. The first-order chi connectivity index (χ1) is 37.5. The molecule has 7 heteroatoms. The normalized spacial score (nSPS) is 13.5. The van der Waals surface area contributed by atoms with Gasteiger partial charge in [0.15, 0.2) is 11.5 Å². The molecule has 0 unspecified atom stereocenters. The number of anilines is 6. The monoisotopic (exact) mass is 998 g/mol. The number of fused-ring (bicyclic) bond motifs is 13. The molecule has 77 heavy (non-hydrogen) atoms. The van der Waals surface area contributed by atoms with Crippen LogP contribution in [0.15, 0.2) is 237 Å². The van der Waals surface area contributed by atoms with Gasteiger partial charge in [0.05, 0.1) is 11.0 Å². The lowest BCUT2D eigenvalue weighted by Gasteiger charge is -2.32. The van der Waals surface area contributed by atoms with Crippen LogP contribution in [0.4, 0.5) is 34.1 Å². The predicted molar refractivity (Wildman–Crippen MR) is 309 cm³/mol. The van der Waals surface area contributed by atoms with Gasteiger partial charge >= 0.3 is 0 Å². The third kappa shape index (κ3) is 6.63. The van der Waals surface area contributed by atoms with Gasteiger partial charge in [-0.3, -0.25) is 0 Å². The van der Waals surface area contributed by atoms with Crippen LogP contribution >= 0.6 is 0 Å². The van der Waals surface area contributed by atoms with Crippen molar-refractivity contribution in [2.45, 2.75) is 24.7 Å². The maximum absolute atomic E-state index is 11.0. The van der Waals surface area contributed by atoms with Gasteiger partial charge in [-0.15, -0.1) is 0 Å². The Hall–Kier alpha value is -9.98. The van der Waals surface area contributed by atoms with Gasteiger partial charge in [0.1, 0.15) is 0 Å². The van der Waals surface area contributed by atoms with E-state index in [0.717, 1.165) is 67.5 Å². The molecule has 0 saturated carbocycles. The van der Waals surface area contributed by atoms with Crippen LogP contribution in [0.2, 0.25) is 0 Å². The van der Waals surface area contributed by atoms with E-state index in [2.05, 4.69) is 230 Å². The highest BCUT2D eigenvalue weighted by Gasteiger charge is 2.51. The summed E-state index contributed by atoms with van der Waals surface area (Å²) in [5.74, 6) is -4.27. The zero-order valence-corrected chi connectivity index (χ0v) is 42.1. The van der Waals surface area contributed by atoms with E-state index in [1.807, 2.05) is 24.3 Å². The van der Waals surface area contributed by atoms with Gasteiger partial charge in [-0.1, -0.05) is 172 Å². The third-order valence-electron chi connectivity index (χ3n) is 16.4. The number of aromatic hydroxyl groups is 5. The van der Waals surface area contributed by atoms with Crippen molar-refractivity contribution in [3.63, 3.8) is 0 Å². The summed E-state index contributed by atoms with van der Waals surface area (Å²) in [6.07, 6.45) is 0. The fourth-order valence-electron chi connectivity index (χ4n) is 12.9. The van der Waals surface area contributed by atoms with Crippen LogP contribution in [0.3, 0.4) is 0 Å². The Morgan fingerprint density at radius 2 is 0.571 bits per heavy atom. The fourth-order valence-corrected chi connectivity index (χ4v) is 12.9. The molecular weight excluding hydrogens is 949 g/mol. The van der Waals surface area contributed by atoms with Gasteiger partial charge < -0.3 is 35.3 Å². The largest absolute Gasteiger partial charge is 0.504 e. The molecular formula is C70H50N2O5. The lowest BCUT2D eigenvalue weighted by molar-refractivity contribution is 0.330. The minimum absolute atomic E-state index is 0.177. The van der Waals surface area contributed by atoms with Gasteiger partial charge in [0.25, 0.3) is 0 Å². The molecule has 0 heterocycles. The van der Waals surface area contributed by atoms with E-state index < -0.39 is 39.6 Å². The zero-order valence-electron chi connectivity index (χ0n) is 42.1. The molecule has 0 bridgehead atoms. The van der Waals surface area contributed by atoms with Crippen LogP contribution in [0.5, 0.6) is 28.7 Å². The van der Waals surface area contributed by atoms with E-state index in [1.54, 1.807) is 6.07 Å². The standard InChI is InChI=1S/C70H50N2O5/c1-69(2)60-39-44(63-64(73)66(75)68(77)67(76)65(63)74)29-36-54(60)55-37-34-49(40-61(55)69)72(48-32-27-43(28-33-48)42-25-30-47(31-26-42)71(45-15-5-3-6-16-45)46-17-7-4-8-18-46)50-35-38-56-53-21-11-14-24-59(53)70(62(56)41-50)57-22-12-9-19-51(57)52-20-10-13-23-58(52)70/h3-41,73-77H,1-2H3. The first kappa shape index (κ1) is 45.6. The average Bonchev–Trinajstić information content (AvgIpc) is 4.03. The number of rotatable bonds is 8. The summed E-state index contributed by atoms with van der Waals surface area (Å²) in [5, 5.41) is 53.1. The second-order valence-electron chi connectivity index (χ2n) is 20.8. The molecule has 0 saturated heterocycles. The maximum Gasteiger partial charge on any atom is 0.208 e. The van der Waals surface area contributed by atoms with Crippen molar-refractivity contribution in [3.05, 3.63) is 270 Å². The van der Waals surface area contributed by atoms with Gasteiger partial charge in [-0.2, -0.15) is 0 Å². The number of phenolic OH excluding ortho intramolecular Hbond substituents is 5. The summed E-state index contributed by atoms with van der Waals surface area (Å²) in [5.41, 5.74) is 21.5. The number of phenols is 5. The highest BCUT2D eigenvalue weighted by Crippen LogP contribution is 2.64. The van der Waals surface area contributed by atoms with Crippen molar-refractivity contribution in [1.82, 2.24) is 0 Å². The van der Waals surface area contributed by atoms with E-state index >= 15 is 0 Å². The van der Waals surface area contributed by atoms with Crippen LogP contribution in [-0.4, -0.2) is 25.5 Å². The predicted octanol–water partition coefficient (Wildman–Crippen LogP) is 17.1. The minimum atomic E-state index is -0.992. The Balaban J connectivity index is 0.908. The Bertz CT molecular complexity index is 4060.